The first-order chi connectivity index (χ1) is 7.66. The van der Waals surface area contributed by atoms with Crippen molar-refractivity contribution < 1.29 is 0 Å². The highest BCUT2D eigenvalue weighted by Gasteiger charge is 2.08. The van der Waals surface area contributed by atoms with Crippen LogP contribution in [0.1, 0.15) is 17.2 Å². The van der Waals surface area contributed by atoms with Crippen LogP contribution < -0.4 is 11.5 Å². The van der Waals surface area contributed by atoms with Crippen LogP contribution in [0, 0.1) is 0 Å². The van der Waals surface area contributed by atoms with E-state index in [2.05, 4.69) is 15.9 Å². The van der Waals surface area contributed by atoms with Crippen LogP contribution >= 0.6 is 15.9 Å². The van der Waals surface area contributed by atoms with Gasteiger partial charge in [-0.2, -0.15) is 0 Å². The van der Waals surface area contributed by atoms with Gasteiger partial charge in [-0.05, 0) is 35.4 Å². The molecule has 3 heteroatoms. The van der Waals surface area contributed by atoms with Crippen LogP contribution in [0.2, 0.25) is 0 Å². The minimum atomic E-state index is -0.138. The summed E-state index contributed by atoms with van der Waals surface area (Å²) in [6, 6.07) is 15.5. The molecule has 0 aromatic heterocycles. The summed E-state index contributed by atoms with van der Waals surface area (Å²) in [5.41, 5.74) is 14.8. The second-order valence-electron chi connectivity index (χ2n) is 3.70. The number of rotatable bonds is 2. The summed E-state index contributed by atoms with van der Waals surface area (Å²) in [5.74, 6) is 0. The summed E-state index contributed by atoms with van der Waals surface area (Å²) >= 11 is 3.44. The van der Waals surface area contributed by atoms with Gasteiger partial charge in [-0.25, -0.2) is 0 Å². The first-order valence-electron chi connectivity index (χ1n) is 5.03. The van der Waals surface area contributed by atoms with Gasteiger partial charge in [-0.15, -0.1) is 0 Å². The van der Waals surface area contributed by atoms with E-state index in [4.69, 9.17) is 11.5 Å². The number of benzene rings is 2. The topological polar surface area (TPSA) is 52.0 Å². The Morgan fingerprint density at radius 3 is 2.19 bits per heavy atom. The van der Waals surface area contributed by atoms with Gasteiger partial charge in [0.15, 0.2) is 0 Å². The maximum atomic E-state index is 6.18. The van der Waals surface area contributed by atoms with Gasteiger partial charge in [0.05, 0.1) is 6.04 Å². The van der Waals surface area contributed by atoms with Gasteiger partial charge in [-0.3, -0.25) is 0 Å². The zero-order valence-electron chi connectivity index (χ0n) is 8.73. The molecule has 0 heterocycles. The van der Waals surface area contributed by atoms with Gasteiger partial charge in [-0.1, -0.05) is 40.2 Å². The molecule has 0 bridgehead atoms. The average Bonchev–Trinajstić information content (AvgIpc) is 2.28. The first-order valence-corrected chi connectivity index (χ1v) is 5.82. The molecule has 2 nitrogen and oxygen atoms in total. The van der Waals surface area contributed by atoms with E-state index in [1.165, 1.54) is 0 Å². The number of nitrogens with two attached hydrogens (primary N) is 2. The van der Waals surface area contributed by atoms with Crippen molar-refractivity contribution in [1.29, 1.82) is 0 Å². The van der Waals surface area contributed by atoms with E-state index in [1.54, 1.807) is 0 Å². The Morgan fingerprint density at radius 2 is 1.56 bits per heavy atom. The van der Waals surface area contributed by atoms with E-state index in [0.29, 0.717) is 0 Å². The van der Waals surface area contributed by atoms with E-state index < -0.39 is 0 Å². The molecule has 0 fully saturated rings. The molecular weight excluding hydrogens is 264 g/mol. The van der Waals surface area contributed by atoms with Crippen molar-refractivity contribution in [2.75, 3.05) is 5.73 Å². The van der Waals surface area contributed by atoms with Crippen molar-refractivity contribution in [1.82, 2.24) is 0 Å². The fourth-order valence-corrected chi connectivity index (χ4v) is 2.06. The molecule has 0 aliphatic heterocycles. The Hall–Kier alpha value is -1.32. The van der Waals surface area contributed by atoms with E-state index in [9.17, 15) is 0 Å². The monoisotopic (exact) mass is 276 g/mol. The minimum Gasteiger partial charge on any atom is -0.399 e. The third-order valence-electron chi connectivity index (χ3n) is 2.48. The van der Waals surface area contributed by atoms with Crippen molar-refractivity contribution in [2.45, 2.75) is 6.04 Å². The number of hydrogen-bond donors (Lipinski definition) is 2. The van der Waals surface area contributed by atoms with Gasteiger partial charge in [0.2, 0.25) is 0 Å². The molecule has 2 rings (SSSR count). The first kappa shape index (κ1) is 11.2. The van der Waals surface area contributed by atoms with Gasteiger partial charge in [0.25, 0.3) is 0 Å². The summed E-state index contributed by atoms with van der Waals surface area (Å²) in [4.78, 5) is 0. The third kappa shape index (κ3) is 2.43. The molecule has 4 N–H and O–H groups in total. The molecule has 0 aliphatic rings. The van der Waals surface area contributed by atoms with E-state index in [1.807, 2.05) is 48.5 Å². The molecule has 0 saturated heterocycles. The molecule has 1 atom stereocenters. The van der Waals surface area contributed by atoms with Crippen LogP contribution in [0.5, 0.6) is 0 Å². The zero-order valence-corrected chi connectivity index (χ0v) is 10.3. The number of halogens is 1. The minimum absolute atomic E-state index is 0.138. The molecule has 0 radical (unpaired) electrons. The van der Waals surface area contributed by atoms with Gasteiger partial charge < -0.3 is 11.5 Å². The Labute approximate surface area is 103 Å². The van der Waals surface area contributed by atoms with E-state index in [0.717, 1.165) is 21.3 Å². The highest BCUT2D eigenvalue weighted by Crippen LogP contribution is 2.23. The number of anilines is 1. The predicted octanol–water partition coefficient (Wildman–Crippen LogP) is 3.08. The molecule has 2 aromatic carbocycles. The van der Waals surface area contributed by atoms with Crippen molar-refractivity contribution in [2.24, 2.45) is 5.73 Å². The maximum absolute atomic E-state index is 6.18. The Morgan fingerprint density at radius 1 is 0.938 bits per heavy atom. The largest absolute Gasteiger partial charge is 0.399 e. The fourth-order valence-electron chi connectivity index (χ4n) is 1.64. The summed E-state index contributed by atoms with van der Waals surface area (Å²) < 4.78 is 1.03. The Kier molecular flexibility index (Phi) is 3.27. The van der Waals surface area contributed by atoms with Crippen LogP contribution in [0.3, 0.4) is 0 Å². The quantitative estimate of drug-likeness (QED) is 0.829. The average molecular weight is 277 g/mol. The van der Waals surface area contributed by atoms with Crippen LogP contribution in [0.25, 0.3) is 0 Å². The molecular formula is C13H13BrN2. The number of nitrogen functional groups attached to an aromatic ring is 1. The lowest BCUT2D eigenvalue weighted by molar-refractivity contribution is 0.871. The number of hydrogen-bond acceptors (Lipinski definition) is 2. The third-order valence-corrected chi connectivity index (χ3v) is 2.97. The SMILES string of the molecule is Nc1cccc(C(N)c2cccc(Br)c2)c1. The standard InChI is InChI=1S/C13H13BrN2/c14-11-5-1-3-9(7-11)13(16)10-4-2-6-12(15)8-10/h1-8,13H,15-16H2. The van der Waals surface area contributed by atoms with Gasteiger partial charge >= 0.3 is 0 Å². The maximum Gasteiger partial charge on any atom is 0.0552 e. The molecule has 0 spiro atoms. The van der Waals surface area contributed by atoms with Crippen molar-refractivity contribution >= 4 is 21.6 Å². The van der Waals surface area contributed by atoms with Crippen LogP contribution in [0.4, 0.5) is 5.69 Å². The molecule has 1 unspecified atom stereocenters. The smallest absolute Gasteiger partial charge is 0.0552 e. The summed E-state index contributed by atoms with van der Waals surface area (Å²) in [5, 5.41) is 0. The lowest BCUT2D eigenvalue weighted by Crippen LogP contribution is -2.11. The normalized spacial score (nSPS) is 12.4. The summed E-state index contributed by atoms with van der Waals surface area (Å²) in [7, 11) is 0. The van der Waals surface area contributed by atoms with Crippen LogP contribution in [0.15, 0.2) is 53.0 Å². The van der Waals surface area contributed by atoms with E-state index >= 15 is 0 Å². The zero-order chi connectivity index (χ0) is 11.5. The van der Waals surface area contributed by atoms with Gasteiger partial charge in [0.1, 0.15) is 0 Å². The van der Waals surface area contributed by atoms with Crippen molar-refractivity contribution in [3.05, 3.63) is 64.1 Å². The lowest BCUT2D eigenvalue weighted by Gasteiger charge is -2.13. The van der Waals surface area contributed by atoms with Crippen LogP contribution in [-0.2, 0) is 0 Å². The molecule has 0 saturated carbocycles. The Bertz CT molecular complexity index is 451. The second kappa shape index (κ2) is 4.68. The molecule has 0 amide bonds. The summed E-state index contributed by atoms with van der Waals surface area (Å²) in [6.07, 6.45) is 0. The van der Waals surface area contributed by atoms with Crippen molar-refractivity contribution in [3.8, 4) is 0 Å². The molecule has 82 valence electrons. The molecule has 16 heavy (non-hydrogen) atoms. The van der Waals surface area contributed by atoms with Gasteiger partial charge in [0, 0.05) is 10.2 Å². The van der Waals surface area contributed by atoms with E-state index in [-0.39, 0.29) is 6.04 Å². The lowest BCUT2D eigenvalue weighted by atomic mass is 9.99. The fraction of sp³-hybridized carbons (Fsp3) is 0.0769. The van der Waals surface area contributed by atoms with Crippen molar-refractivity contribution in [3.63, 3.8) is 0 Å². The van der Waals surface area contributed by atoms with Crippen LogP contribution in [-0.4, -0.2) is 0 Å². The molecule has 2 aromatic rings. The second-order valence-corrected chi connectivity index (χ2v) is 4.62. The predicted molar refractivity (Wildman–Crippen MR) is 71.0 cm³/mol. The Balaban J connectivity index is 2.35. The molecule has 0 aliphatic carbocycles. The highest BCUT2D eigenvalue weighted by atomic mass is 79.9. The summed E-state index contributed by atoms with van der Waals surface area (Å²) in [6.45, 7) is 0. The highest BCUT2D eigenvalue weighted by molar-refractivity contribution is 9.10.